The number of fused-ring (bicyclic) bond motifs is 1. The minimum Gasteiger partial charge on any atom is -0.375 e. The molecule has 0 spiro atoms. The van der Waals surface area contributed by atoms with E-state index >= 15 is 0 Å². The molecule has 0 atom stereocenters. The molecule has 0 aliphatic rings. The largest absolute Gasteiger partial charge is 0.534 e. The lowest BCUT2D eigenvalue weighted by molar-refractivity contribution is -0.0755. The molecule has 0 saturated carbocycles. The number of benzene rings is 2. The van der Waals surface area contributed by atoms with E-state index in [4.69, 9.17) is 4.84 Å². The van der Waals surface area contributed by atoms with Gasteiger partial charge in [0.2, 0.25) is 0 Å². The Labute approximate surface area is 135 Å². The summed E-state index contributed by atoms with van der Waals surface area (Å²) in [6, 6.07) is 8.19. The van der Waals surface area contributed by atoms with Gasteiger partial charge in [0.1, 0.15) is 0 Å². The van der Waals surface area contributed by atoms with Crippen molar-refractivity contribution in [2.75, 3.05) is 14.2 Å². The highest BCUT2D eigenvalue weighted by Gasteiger charge is 2.48. The standard InChI is InChI=1S/C14H12F3NO5S/c1-18(22-2)13(19)10-7-3-5-9-6-4-8-11(12(9)10)23-24(20,21)14(15,16)17/h3-8H,1-2H3. The molecular weight excluding hydrogens is 351 g/mol. The van der Waals surface area contributed by atoms with Gasteiger partial charge in [-0.1, -0.05) is 24.3 Å². The first-order valence-corrected chi connectivity index (χ1v) is 7.84. The number of hydroxylamine groups is 2. The molecule has 0 unspecified atom stereocenters. The van der Waals surface area contributed by atoms with Crippen LogP contribution in [-0.2, 0) is 15.0 Å². The molecule has 0 radical (unpaired) electrons. The molecular formula is C14H12F3NO5S. The van der Waals surface area contributed by atoms with Gasteiger partial charge in [-0.25, -0.2) is 5.06 Å². The van der Waals surface area contributed by atoms with Crippen molar-refractivity contribution in [1.82, 2.24) is 5.06 Å². The highest BCUT2D eigenvalue weighted by atomic mass is 32.2. The van der Waals surface area contributed by atoms with Crippen LogP contribution in [0.5, 0.6) is 5.75 Å². The van der Waals surface area contributed by atoms with Gasteiger partial charge in [0.05, 0.1) is 12.7 Å². The van der Waals surface area contributed by atoms with E-state index in [0.29, 0.717) is 5.39 Å². The van der Waals surface area contributed by atoms with Gasteiger partial charge >= 0.3 is 15.6 Å². The first-order valence-electron chi connectivity index (χ1n) is 6.43. The van der Waals surface area contributed by atoms with Gasteiger partial charge in [0.25, 0.3) is 5.91 Å². The molecule has 1 amide bonds. The van der Waals surface area contributed by atoms with E-state index in [1.54, 1.807) is 0 Å². The second-order valence-corrected chi connectivity index (χ2v) is 6.17. The lowest BCUT2D eigenvalue weighted by atomic mass is 10.0. The van der Waals surface area contributed by atoms with E-state index in [1.165, 1.54) is 44.5 Å². The summed E-state index contributed by atoms with van der Waals surface area (Å²) >= 11 is 0. The lowest BCUT2D eigenvalue weighted by Crippen LogP contribution is -2.28. The van der Waals surface area contributed by atoms with Gasteiger partial charge < -0.3 is 4.18 Å². The zero-order chi connectivity index (χ0) is 18.1. The number of halogens is 3. The monoisotopic (exact) mass is 363 g/mol. The zero-order valence-electron chi connectivity index (χ0n) is 12.5. The normalized spacial score (nSPS) is 12.2. The molecule has 0 saturated heterocycles. The predicted octanol–water partition coefficient (Wildman–Crippen LogP) is 2.70. The van der Waals surface area contributed by atoms with E-state index in [1.807, 2.05) is 0 Å². The Morgan fingerprint density at radius 3 is 2.25 bits per heavy atom. The molecule has 0 aromatic heterocycles. The fourth-order valence-electron chi connectivity index (χ4n) is 1.97. The second-order valence-electron chi connectivity index (χ2n) is 4.63. The molecule has 0 aliphatic carbocycles. The van der Waals surface area contributed by atoms with Crippen LogP contribution in [0.25, 0.3) is 10.8 Å². The Morgan fingerprint density at radius 1 is 1.12 bits per heavy atom. The Balaban J connectivity index is 2.66. The summed E-state index contributed by atoms with van der Waals surface area (Å²) < 4.78 is 64.4. The predicted molar refractivity (Wildman–Crippen MR) is 78.7 cm³/mol. The summed E-state index contributed by atoms with van der Waals surface area (Å²) in [5, 5.41) is 1.12. The smallest absolute Gasteiger partial charge is 0.375 e. The number of hydrogen-bond acceptors (Lipinski definition) is 5. The number of carbonyl (C=O) groups excluding carboxylic acids is 1. The summed E-state index contributed by atoms with van der Waals surface area (Å²) in [7, 11) is -3.33. The Bertz CT molecular complexity index is 874. The van der Waals surface area contributed by atoms with Crippen LogP contribution in [0.3, 0.4) is 0 Å². The molecule has 0 heterocycles. The molecule has 2 aromatic carbocycles. The van der Waals surface area contributed by atoms with E-state index < -0.39 is 27.3 Å². The zero-order valence-corrected chi connectivity index (χ0v) is 13.3. The Hall–Kier alpha value is -2.33. The van der Waals surface area contributed by atoms with Crippen molar-refractivity contribution in [2.45, 2.75) is 5.51 Å². The van der Waals surface area contributed by atoms with Crippen LogP contribution in [0.15, 0.2) is 36.4 Å². The van der Waals surface area contributed by atoms with Crippen molar-refractivity contribution in [3.05, 3.63) is 42.0 Å². The van der Waals surface area contributed by atoms with Crippen LogP contribution in [0, 0.1) is 0 Å². The van der Waals surface area contributed by atoms with Gasteiger partial charge in [-0.05, 0) is 17.5 Å². The molecule has 6 nitrogen and oxygen atoms in total. The fraction of sp³-hybridized carbons (Fsp3) is 0.214. The highest BCUT2D eigenvalue weighted by Crippen LogP contribution is 2.34. The van der Waals surface area contributed by atoms with Crippen molar-refractivity contribution in [3.63, 3.8) is 0 Å². The van der Waals surface area contributed by atoms with Crippen molar-refractivity contribution in [2.24, 2.45) is 0 Å². The van der Waals surface area contributed by atoms with Gasteiger partial charge in [-0.2, -0.15) is 21.6 Å². The number of amides is 1. The van der Waals surface area contributed by atoms with Crippen molar-refractivity contribution >= 4 is 26.8 Å². The summed E-state index contributed by atoms with van der Waals surface area (Å²) in [6.07, 6.45) is 0. The first kappa shape index (κ1) is 18.0. The molecule has 2 rings (SSSR count). The summed E-state index contributed by atoms with van der Waals surface area (Å²) in [5.41, 5.74) is -5.65. The quantitative estimate of drug-likeness (QED) is 0.474. The summed E-state index contributed by atoms with van der Waals surface area (Å²) in [5.74, 6) is -1.28. The van der Waals surface area contributed by atoms with E-state index in [9.17, 15) is 26.4 Å². The van der Waals surface area contributed by atoms with Gasteiger partial charge in [-0.15, -0.1) is 0 Å². The average Bonchev–Trinajstić information content (AvgIpc) is 2.51. The third-order valence-electron chi connectivity index (χ3n) is 3.14. The minimum atomic E-state index is -5.87. The van der Waals surface area contributed by atoms with Gasteiger partial charge in [-0.3, -0.25) is 9.63 Å². The lowest BCUT2D eigenvalue weighted by Gasteiger charge is -2.17. The maximum Gasteiger partial charge on any atom is 0.534 e. The molecule has 0 fully saturated rings. The molecule has 0 N–H and O–H groups in total. The van der Waals surface area contributed by atoms with Crippen molar-refractivity contribution in [3.8, 4) is 5.75 Å². The van der Waals surface area contributed by atoms with Crippen LogP contribution in [0.2, 0.25) is 0 Å². The van der Waals surface area contributed by atoms with Gasteiger partial charge in [0, 0.05) is 12.4 Å². The summed E-state index contributed by atoms with van der Waals surface area (Å²) in [6.45, 7) is 0. The van der Waals surface area contributed by atoms with Crippen LogP contribution in [0.4, 0.5) is 13.2 Å². The summed E-state index contributed by atoms with van der Waals surface area (Å²) in [4.78, 5) is 17.0. The van der Waals surface area contributed by atoms with E-state index in [0.717, 1.165) is 11.1 Å². The fourth-order valence-corrected chi connectivity index (χ4v) is 2.44. The van der Waals surface area contributed by atoms with Crippen LogP contribution in [0.1, 0.15) is 10.4 Å². The molecule has 24 heavy (non-hydrogen) atoms. The molecule has 10 heteroatoms. The van der Waals surface area contributed by atoms with Crippen LogP contribution >= 0.6 is 0 Å². The van der Waals surface area contributed by atoms with E-state index in [2.05, 4.69) is 4.18 Å². The second kappa shape index (κ2) is 6.29. The number of carbonyl (C=O) groups is 1. The molecule has 0 bridgehead atoms. The number of alkyl halides is 3. The maximum atomic E-state index is 12.6. The van der Waals surface area contributed by atoms with E-state index in [-0.39, 0.29) is 10.9 Å². The van der Waals surface area contributed by atoms with Crippen LogP contribution < -0.4 is 4.18 Å². The highest BCUT2D eigenvalue weighted by molar-refractivity contribution is 7.88. The molecule has 130 valence electrons. The number of hydrogen-bond donors (Lipinski definition) is 0. The topological polar surface area (TPSA) is 72.9 Å². The Kier molecular flexibility index (Phi) is 4.72. The Morgan fingerprint density at radius 2 is 1.71 bits per heavy atom. The minimum absolute atomic E-state index is 0.0650. The van der Waals surface area contributed by atoms with Crippen molar-refractivity contribution < 1.29 is 35.4 Å². The average molecular weight is 363 g/mol. The number of rotatable bonds is 4. The third kappa shape index (κ3) is 3.29. The van der Waals surface area contributed by atoms with Crippen LogP contribution in [-0.4, -0.2) is 39.1 Å². The SMILES string of the molecule is CON(C)C(=O)c1cccc2cccc(OS(=O)(=O)C(F)(F)F)c12. The maximum absolute atomic E-state index is 12.6. The third-order valence-corrected chi connectivity index (χ3v) is 4.11. The molecule has 0 aliphatic heterocycles. The number of nitrogens with zero attached hydrogens (tertiary/aromatic N) is 1. The van der Waals surface area contributed by atoms with Crippen molar-refractivity contribution in [1.29, 1.82) is 0 Å². The first-order chi connectivity index (χ1) is 11.1. The molecule has 2 aromatic rings. The van der Waals surface area contributed by atoms with Gasteiger partial charge in [0.15, 0.2) is 5.75 Å².